The summed E-state index contributed by atoms with van der Waals surface area (Å²) >= 11 is 11.5. The minimum absolute atomic E-state index is 0.0331. The zero-order valence-corrected chi connectivity index (χ0v) is 11.1. The molecule has 8 nitrogen and oxygen atoms in total. The van der Waals surface area contributed by atoms with Crippen LogP contribution >= 0.6 is 23.2 Å². The van der Waals surface area contributed by atoms with Gasteiger partial charge in [-0.05, 0) is 0 Å². The number of non-ortho nitro benzene ring substituents is 1. The Hall–Kier alpha value is -1.80. The predicted molar refractivity (Wildman–Crippen MR) is 68.7 cm³/mol. The van der Waals surface area contributed by atoms with Gasteiger partial charge in [-0.15, -0.1) is 10.2 Å². The summed E-state index contributed by atoms with van der Waals surface area (Å²) in [6.07, 6.45) is -1.05. The van der Waals surface area contributed by atoms with Gasteiger partial charge in [0.2, 0.25) is 0 Å². The van der Waals surface area contributed by atoms with E-state index in [1.807, 2.05) is 0 Å². The van der Waals surface area contributed by atoms with Gasteiger partial charge in [-0.25, -0.2) is 0 Å². The second kappa shape index (κ2) is 6.39. The molecule has 0 saturated carbocycles. The number of nitrogens with zero attached hydrogens (tertiary/aromatic N) is 4. The Kier molecular flexibility index (Phi) is 5.13. The number of nitro benzene ring substituents is 1. The van der Waals surface area contributed by atoms with Crippen molar-refractivity contribution in [1.82, 2.24) is 0 Å². The lowest BCUT2D eigenvalue weighted by atomic mass is 10.3. The summed E-state index contributed by atoms with van der Waals surface area (Å²) < 4.78 is 0. The van der Waals surface area contributed by atoms with E-state index in [1.165, 1.54) is 0 Å². The average molecular weight is 307 g/mol. The smallest absolute Gasteiger partial charge is 0.262 e. The number of azo groups is 1. The number of hydrogen-bond acceptors (Lipinski definition) is 6. The Morgan fingerprint density at radius 1 is 1.26 bits per heavy atom. The molecule has 0 aliphatic heterocycles. The van der Waals surface area contributed by atoms with Crippen molar-refractivity contribution in [2.45, 2.75) is 19.5 Å². The summed E-state index contributed by atoms with van der Waals surface area (Å²) in [5.41, 5.74) is -0.329. The molecule has 0 saturated heterocycles. The van der Waals surface area contributed by atoms with Crippen molar-refractivity contribution in [1.29, 1.82) is 0 Å². The number of hydrogen-bond donors (Lipinski definition) is 0. The maximum Gasteiger partial charge on any atom is 0.320 e. The molecular weight excluding hydrogens is 299 g/mol. The van der Waals surface area contributed by atoms with E-state index in [4.69, 9.17) is 23.2 Å². The fourth-order valence-corrected chi connectivity index (χ4v) is 1.70. The summed E-state index contributed by atoms with van der Waals surface area (Å²) in [6, 6.07) is 2.10. The van der Waals surface area contributed by atoms with Crippen LogP contribution in [0.1, 0.15) is 13.3 Å². The highest BCUT2D eigenvalue weighted by Crippen LogP contribution is 2.37. The third-order valence-corrected chi connectivity index (χ3v) is 2.69. The molecule has 19 heavy (non-hydrogen) atoms. The first-order chi connectivity index (χ1) is 8.86. The van der Waals surface area contributed by atoms with E-state index >= 15 is 0 Å². The van der Waals surface area contributed by atoms with E-state index in [9.17, 15) is 20.2 Å². The van der Waals surface area contributed by atoms with Gasteiger partial charge in [-0.1, -0.05) is 30.1 Å². The van der Waals surface area contributed by atoms with Crippen LogP contribution in [0.4, 0.5) is 11.4 Å². The predicted octanol–water partition coefficient (Wildman–Crippen LogP) is 4.00. The summed E-state index contributed by atoms with van der Waals surface area (Å²) in [4.78, 5) is 19.9. The van der Waals surface area contributed by atoms with Gasteiger partial charge in [-0.3, -0.25) is 20.2 Å². The van der Waals surface area contributed by atoms with E-state index in [2.05, 4.69) is 10.2 Å². The number of nitro groups is 2. The molecule has 1 aromatic rings. The highest BCUT2D eigenvalue weighted by atomic mass is 35.5. The van der Waals surface area contributed by atoms with Crippen LogP contribution in [0, 0.1) is 20.2 Å². The van der Waals surface area contributed by atoms with Gasteiger partial charge in [0.05, 0.1) is 15.0 Å². The first-order valence-corrected chi connectivity index (χ1v) is 5.80. The van der Waals surface area contributed by atoms with Crippen LogP contribution in [-0.4, -0.2) is 16.0 Å². The largest absolute Gasteiger partial charge is 0.320 e. The van der Waals surface area contributed by atoms with Crippen LogP contribution in [0.2, 0.25) is 10.0 Å². The topological polar surface area (TPSA) is 111 Å². The van der Waals surface area contributed by atoms with Gasteiger partial charge >= 0.3 is 6.17 Å². The van der Waals surface area contributed by atoms with Gasteiger partial charge in [0, 0.05) is 23.5 Å². The lowest BCUT2D eigenvalue weighted by molar-refractivity contribution is -0.521. The van der Waals surface area contributed by atoms with Crippen LogP contribution in [-0.2, 0) is 0 Å². The summed E-state index contributed by atoms with van der Waals surface area (Å²) in [5.74, 6) is 0. The second-order valence-corrected chi connectivity index (χ2v) is 4.22. The molecule has 0 heterocycles. The fourth-order valence-electron chi connectivity index (χ4n) is 1.15. The average Bonchev–Trinajstić information content (AvgIpc) is 2.31. The first-order valence-electron chi connectivity index (χ1n) is 5.04. The summed E-state index contributed by atoms with van der Waals surface area (Å²) in [5, 5.41) is 28.0. The van der Waals surface area contributed by atoms with Crippen molar-refractivity contribution in [3.63, 3.8) is 0 Å². The molecule has 0 N–H and O–H groups in total. The number of halogens is 2. The number of benzene rings is 1. The Labute approximate surface area is 117 Å². The third-order valence-electron chi connectivity index (χ3n) is 2.11. The molecule has 1 rings (SSSR count). The van der Waals surface area contributed by atoms with Gasteiger partial charge in [0.15, 0.2) is 0 Å². The molecule has 1 atom stereocenters. The minimum atomic E-state index is -1.21. The summed E-state index contributed by atoms with van der Waals surface area (Å²) in [6.45, 7) is 1.57. The molecule has 102 valence electrons. The van der Waals surface area contributed by atoms with E-state index in [0.717, 1.165) is 12.1 Å². The van der Waals surface area contributed by atoms with Crippen LogP contribution in [0.3, 0.4) is 0 Å². The molecule has 10 heteroatoms. The quantitative estimate of drug-likeness (QED) is 0.465. The first kappa shape index (κ1) is 15.3. The van der Waals surface area contributed by atoms with Gasteiger partial charge in [0.25, 0.3) is 5.69 Å². The van der Waals surface area contributed by atoms with Crippen molar-refractivity contribution >= 4 is 34.6 Å². The van der Waals surface area contributed by atoms with Crippen LogP contribution in [0.5, 0.6) is 0 Å². The minimum Gasteiger partial charge on any atom is -0.262 e. The molecule has 1 aromatic carbocycles. The zero-order valence-electron chi connectivity index (χ0n) is 9.62. The molecule has 0 aliphatic carbocycles. The van der Waals surface area contributed by atoms with Crippen LogP contribution in [0.15, 0.2) is 22.4 Å². The monoisotopic (exact) mass is 306 g/mol. The molecule has 0 radical (unpaired) electrons. The van der Waals surface area contributed by atoms with Crippen molar-refractivity contribution in [2.24, 2.45) is 10.2 Å². The lowest BCUT2D eigenvalue weighted by Gasteiger charge is -2.02. The van der Waals surface area contributed by atoms with E-state index < -0.39 is 16.0 Å². The van der Waals surface area contributed by atoms with Crippen molar-refractivity contribution in [2.75, 3.05) is 0 Å². The van der Waals surface area contributed by atoms with Crippen molar-refractivity contribution in [3.8, 4) is 0 Å². The van der Waals surface area contributed by atoms with Gasteiger partial charge in [-0.2, -0.15) is 0 Å². The number of rotatable bonds is 5. The van der Waals surface area contributed by atoms with Crippen molar-refractivity contribution < 1.29 is 9.85 Å². The standard InChI is InChI=1S/C9H8Cl2N4O4/c1-2-8(15(18)19)12-13-9-6(10)3-5(14(16)17)4-7(9)11/h3-4,8H,2H2,1H3. The molecular formula is C9H8Cl2N4O4. The maximum absolute atomic E-state index is 10.6. The normalized spacial score (nSPS) is 12.6. The lowest BCUT2D eigenvalue weighted by Crippen LogP contribution is -2.14. The van der Waals surface area contributed by atoms with Crippen LogP contribution < -0.4 is 0 Å². The molecule has 0 spiro atoms. The fraction of sp³-hybridized carbons (Fsp3) is 0.333. The third kappa shape index (κ3) is 3.83. The van der Waals surface area contributed by atoms with E-state index in [-0.39, 0.29) is 27.8 Å². The second-order valence-electron chi connectivity index (χ2n) is 3.40. The maximum atomic E-state index is 10.6. The molecule has 1 unspecified atom stereocenters. The molecule has 0 bridgehead atoms. The van der Waals surface area contributed by atoms with E-state index in [1.54, 1.807) is 6.92 Å². The Morgan fingerprint density at radius 2 is 1.79 bits per heavy atom. The highest BCUT2D eigenvalue weighted by molar-refractivity contribution is 6.39. The van der Waals surface area contributed by atoms with Gasteiger partial charge in [0.1, 0.15) is 5.69 Å². The Bertz CT molecular complexity index is 526. The van der Waals surface area contributed by atoms with E-state index in [0.29, 0.717) is 0 Å². The molecule has 0 amide bonds. The SMILES string of the molecule is CCC(N=Nc1c(Cl)cc([N+](=O)[O-])cc1Cl)[N+](=O)[O-]. The van der Waals surface area contributed by atoms with Crippen molar-refractivity contribution in [3.05, 3.63) is 42.4 Å². The highest BCUT2D eigenvalue weighted by Gasteiger charge is 2.18. The summed E-state index contributed by atoms with van der Waals surface area (Å²) in [7, 11) is 0. The molecule has 0 aliphatic rings. The Morgan fingerprint density at radius 3 is 2.16 bits per heavy atom. The zero-order chi connectivity index (χ0) is 14.6. The molecule has 0 aromatic heterocycles. The van der Waals surface area contributed by atoms with Gasteiger partial charge < -0.3 is 0 Å². The van der Waals surface area contributed by atoms with Crippen LogP contribution in [0.25, 0.3) is 0 Å². The molecule has 0 fully saturated rings. The Balaban J connectivity index is 3.12.